The average molecular weight is 382 g/mol. The number of hydrogen-bond donors (Lipinski definition) is 2. The predicted octanol–water partition coefficient (Wildman–Crippen LogP) is 2.28. The maximum absolute atomic E-state index is 5.68. The lowest BCUT2D eigenvalue weighted by Crippen LogP contribution is -2.40. The molecule has 3 N–H and O–H groups in total. The van der Waals surface area contributed by atoms with Crippen molar-refractivity contribution in [1.29, 1.82) is 0 Å². The maximum Gasteiger partial charge on any atom is 0.188 e. The van der Waals surface area contributed by atoms with Crippen molar-refractivity contribution >= 4 is 41.3 Å². The lowest BCUT2D eigenvalue weighted by atomic mass is 10.1. The molecule has 0 aliphatic rings. The molecule has 0 bridgehead atoms. The molecule has 0 spiro atoms. The van der Waals surface area contributed by atoms with Crippen LogP contribution in [0.2, 0.25) is 0 Å². The van der Waals surface area contributed by atoms with E-state index in [0.717, 1.165) is 19.6 Å². The Morgan fingerprint density at radius 1 is 1.50 bits per heavy atom. The smallest absolute Gasteiger partial charge is 0.188 e. The van der Waals surface area contributed by atoms with Gasteiger partial charge in [-0.05, 0) is 35.5 Å². The van der Waals surface area contributed by atoms with Gasteiger partial charge in [0.1, 0.15) is 0 Å². The molecule has 0 radical (unpaired) electrons. The highest BCUT2D eigenvalue weighted by Crippen LogP contribution is 2.21. The van der Waals surface area contributed by atoms with Gasteiger partial charge in [0.05, 0.1) is 6.04 Å². The summed E-state index contributed by atoms with van der Waals surface area (Å²) in [4.78, 5) is 6.33. The Kier molecular flexibility index (Phi) is 9.39. The fourth-order valence-electron chi connectivity index (χ4n) is 1.87. The van der Waals surface area contributed by atoms with Crippen LogP contribution < -0.4 is 11.1 Å². The van der Waals surface area contributed by atoms with Crippen molar-refractivity contribution in [2.24, 2.45) is 10.7 Å². The Morgan fingerprint density at radius 3 is 2.61 bits per heavy atom. The van der Waals surface area contributed by atoms with Crippen molar-refractivity contribution in [2.75, 3.05) is 26.7 Å². The van der Waals surface area contributed by atoms with E-state index in [1.807, 2.05) is 0 Å². The van der Waals surface area contributed by atoms with Crippen LogP contribution in [0, 0.1) is 0 Å². The van der Waals surface area contributed by atoms with E-state index in [1.54, 1.807) is 18.4 Å². The second-order valence-electron chi connectivity index (χ2n) is 3.78. The summed E-state index contributed by atoms with van der Waals surface area (Å²) in [7, 11) is 1.69. The Labute approximate surface area is 131 Å². The summed E-state index contributed by atoms with van der Waals surface area (Å²) in [6.45, 7) is 7.21. The molecule has 0 saturated heterocycles. The molecule has 0 aliphatic carbocycles. The Morgan fingerprint density at radius 2 is 2.17 bits per heavy atom. The van der Waals surface area contributed by atoms with Crippen molar-refractivity contribution in [3.63, 3.8) is 0 Å². The number of aliphatic imine (C=N–C) groups is 1. The number of nitrogens with zero attached hydrogens (tertiary/aromatic N) is 2. The third-order valence-corrected chi connectivity index (χ3v) is 3.60. The van der Waals surface area contributed by atoms with Crippen LogP contribution >= 0.6 is 35.3 Å². The third-order valence-electron chi connectivity index (χ3n) is 2.90. The van der Waals surface area contributed by atoms with Crippen molar-refractivity contribution in [2.45, 2.75) is 19.9 Å². The minimum absolute atomic E-state index is 0. The minimum Gasteiger partial charge on any atom is -0.370 e. The zero-order valence-electron chi connectivity index (χ0n) is 11.2. The summed E-state index contributed by atoms with van der Waals surface area (Å²) in [5.74, 6) is 0.498. The van der Waals surface area contributed by atoms with E-state index in [-0.39, 0.29) is 24.0 Å². The van der Waals surface area contributed by atoms with Gasteiger partial charge in [-0.2, -0.15) is 11.3 Å². The van der Waals surface area contributed by atoms with Crippen LogP contribution in [-0.4, -0.2) is 37.5 Å². The Hall–Kier alpha value is -0.340. The first-order valence-electron chi connectivity index (χ1n) is 5.95. The molecule has 1 heterocycles. The largest absolute Gasteiger partial charge is 0.370 e. The van der Waals surface area contributed by atoms with E-state index in [4.69, 9.17) is 5.73 Å². The summed E-state index contributed by atoms with van der Waals surface area (Å²) in [6.07, 6.45) is 0. The second kappa shape index (κ2) is 9.57. The lowest BCUT2D eigenvalue weighted by molar-refractivity contribution is 0.219. The van der Waals surface area contributed by atoms with Crippen molar-refractivity contribution in [1.82, 2.24) is 10.2 Å². The highest BCUT2D eigenvalue weighted by atomic mass is 127. The second-order valence-corrected chi connectivity index (χ2v) is 4.56. The molecule has 0 saturated carbocycles. The van der Waals surface area contributed by atoms with Gasteiger partial charge in [0.15, 0.2) is 5.96 Å². The number of rotatable bonds is 6. The number of guanidine groups is 1. The van der Waals surface area contributed by atoms with Crippen LogP contribution in [0.25, 0.3) is 0 Å². The first-order valence-corrected chi connectivity index (χ1v) is 6.89. The Bertz CT molecular complexity index is 336. The molecule has 0 fully saturated rings. The normalized spacial score (nSPS) is 13.2. The van der Waals surface area contributed by atoms with Gasteiger partial charge in [-0.1, -0.05) is 13.8 Å². The van der Waals surface area contributed by atoms with Crippen LogP contribution in [0.3, 0.4) is 0 Å². The van der Waals surface area contributed by atoms with E-state index < -0.39 is 0 Å². The first kappa shape index (κ1) is 17.7. The number of nitrogens with one attached hydrogen (secondary N) is 1. The lowest BCUT2D eigenvalue weighted by Gasteiger charge is -2.29. The number of hydrogen-bond acceptors (Lipinski definition) is 3. The summed E-state index contributed by atoms with van der Waals surface area (Å²) < 4.78 is 0. The van der Waals surface area contributed by atoms with Crippen molar-refractivity contribution < 1.29 is 0 Å². The van der Waals surface area contributed by atoms with E-state index in [1.165, 1.54) is 5.56 Å². The Balaban J connectivity index is 0.00000289. The van der Waals surface area contributed by atoms with Gasteiger partial charge in [-0.25, -0.2) is 0 Å². The number of halogens is 1. The molecule has 18 heavy (non-hydrogen) atoms. The molecule has 104 valence electrons. The standard InChI is InChI=1S/C12H22N4S.HI/c1-4-16(5-2)11(8-15-12(13)14-3)10-6-7-17-9-10;/h6-7,9,11H,4-5,8H2,1-3H3,(H3,13,14,15);1H. The molecule has 1 aromatic rings. The van der Waals surface area contributed by atoms with Gasteiger partial charge in [0.25, 0.3) is 0 Å². The van der Waals surface area contributed by atoms with Gasteiger partial charge in [0.2, 0.25) is 0 Å². The first-order chi connectivity index (χ1) is 8.22. The maximum atomic E-state index is 5.68. The topological polar surface area (TPSA) is 53.6 Å². The van der Waals surface area contributed by atoms with Crippen LogP contribution in [-0.2, 0) is 0 Å². The summed E-state index contributed by atoms with van der Waals surface area (Å²) >= 11 is 1.73. The van der Waals surface area contributed by atoms with Gasteiger partial charge >= 0.3 is 0 Å². The molecule has 0 aliphatic heterocycles. The van der Waals surface area contributed by atoms with Crippen LogP contribution in [0.15, 0.2) is 21.8 Å². The van der Waals surface area contributed by atoms with Crippen molar-refractivity contribution in [3.05, 3.63) is 22.4 Å². The van der Waals surface area contributed by atoms with Gasteiger partial charge < -0.3 is 11.1 Å². The molecule has 0 amide bonds. The van der Waals surface area contributed by atoms with Gasteiger partial charge in [-0.3, -0.25) is 9.89 Å². The molecular weight excluding hydrogens is 359 g/mol. The number of thiophene rings is 1. The number of likely N-dealkylation sites (N-methyl/N-ethyl adjacent to an activating group) is 1. The van der Waals surface area contributed by atoms with Gasteiger partial charge in [0, 0.05) is 13.6 Å². The predicted molar refractivity (Wildman–Crippen MR) is 90.9 cm³/mol. The minimum atomic E-state index is 0. The molecule has 1 aromatic heterocycles. The zero-order valence-corrected chi connectivity index (χ0v) is 14.4. The van der Waals surface area contributed by atoms with Crippen LogP contribution in [0.5, 0.6) is 0 Å². The van der Waals surface area contributed by atoms with E-state index in [9.17, 15) is 0 Å². The summed E-state index contributed by atoms with van der Waals surface area (Å²) in [6, 6.07) is 2.53. The quantitative estimate of drug-likeness (QED) is 0.451. The summed E-state index contributed by atoms with van der Waals surface area (Å²) in [5, 5.41) is 7.47. The molecule has 1 rings (SSSR count). The zero-order chi connectivity index (χ0) is 12.7. The van der Waals surface area contributed by atoms with Crippen molar-refractivity contribution in [3.8, 4) is 0 Å². The SMILES string of the molecule is CCN(CC)C(CNC(N)=NC)c1ccsc1.I. The van der Waals surface area contributed by atoms with E-state index in [0.29, 0.717) is 12.0 Å². The summed E-state index contributed by atoms with van der Waals surface area (Å²) in [5.41, 5.74) is 7.02. The highest BCUT2D eigenvalue weighted by molar-refractivity contribution is 14.0. The molecule has 1 atom stereocenters. The molecule has 0 aromatic carbocycles. The molecule has 6 heteroatoms. The molecule has 1 unspecified atom stereocenters. The molecule has 4 nitrogen and oxygen atoms in total. The monoisotopic (exact) mass is 382 g/mol. The van der Waals surface area contributed by atoms with E-state index >= 15 is 0 Å². The fourth-order valence-corrected chi connectivity index (χ4v) is 2.57. The molecular formula is C12H23IN4S. The van der Waals surface area contributed by atoms with Crippen LogP contribution in [0.1, 0.15) is 25.5 Å². The third kappa shape index (κ3) is 5.11. The van der Waals surface area contributed by atoms with Crippen LogP contribution in [0.4, 0.5) is 0 Å². The fraction of sp³-hybridized carbons (Fsp3) is 0.583. The highest BCUT2D eigenvalue weighted by Gasteiger charge is 2.18. The average Bonchev–Trinajstić information content (AvgIpc) is 2.87. The van der Waals surface area contributed by atoms with E-state index in [2.05, 4.69) is 45.9 Å². The van der Waals surface area contributed by atoms with Gasteiger partial charge in [-0.15, -0.1) is 24.0 Å². The number of nitrogens with two attached hydrogens (primary N) is 1.